The van der Waals surface area contributed by atoms with E-state index in [1.54, 1.807) is 17.4 Å². The van der Waals surface area contributed by atoms with Gasteiger partial charge in [-0.1, -0.05) is 13.0 Å². The van der Waals surface area contributed by atoms with E-state index in [0.717, 1.165) is 41.2 Å². The number of thiazole rings is 1. The van der Waals surface area contributed by atoms with Crippen LogP contribution in [0.1, 0.15) is 41.7 Å². The lowest BCUT2D eigenvalue weighted by Crippen LogP contribution is -2.40. The predicted molar refractivity (Wildman–Crippen MR) is 90.9 cm³/mol. The topological polar surface area (TPSA) is 64.0 Å². The van der Waals surface area contributed by atoms with Gasteiger partial charge in [-0.15, -0.1) is 11.3 Å². The van der Waals surface area contributed by atoms with Crippen LogP contribution in [0.4, 0.5) is 0 Å². The summed E-state index contributed by atoms with van der Waals surface area (Å²) >= 11 is 1.60. The average Bonchev–Trinajstić information content (AvgIpc) is 2.95. The molecule has 0 aliphatic heterocycles. The quantitative estimate of drug-likeness (QED) is 0.932. The molecule has 2 aromatic rings. The summed E-state index contributed by atoms with van der Waals surface area (Å²) in [5.41, 5.74) is 3.20. The molecule has 0 saturated carbocycles. The number of aryl methyl sites for hydroxylation is 1. The van der Waals surface area contributed by atoms with Gasteiger partial charge in [0.25, 0.3) is 5.56 Å². The van der Waals surface area contributed by atoms with Crippen LogP contribution in [0, 0.1) is 6.92 Å². The maximum Gasteiger partial charge on any atom is 0.251 e. The van der Waals surface area contributed by atoms with Crippen LogP contribution in [0.3, 0.4) is 0 Å². The zero-order chi connectivity index (χ0) is 16.4. The monoisotopic (exact) mass is 331 g/mol. The fourth-order valence-corrected chi connectivity index (χ4v) is 3.70. The lowest BCUT2D eigenvalue weighted by molar-refractivity contribution is -0.121. The van der Waals surface area contributed by atoms with Gasteiger partial charge in [0.2, 0.25) is 5.91 Å². The Bertz CT molecular complexity index is 778. The minimum atomic E-state index is 0.0189. The molecule has 2 aromatic heterocycles. The van der Waals surface area contributed by atoms with Crippen molar-refractivity contribution in [1.82, 2.24) is 14.9 Å². The van der Waals surface area contributed by atoms with E-state index in [4.69, 9.17) is 0 Å². The van der Waals surface area contributed by atoms with E-state index in [0.29, 0.717) is 13.0 Å². The molecule has 0 saturated heterocycles. The maximum absolute atomic E-state index is 12.3. The van der Waals surface area contributed by atoms with Crippen molar-refractivity contribution in [2.45, 2.75) is 52.1 Å². The number of rotatable bonds is 4. The van der Waals surface area contributed by atoms with Crippen LogP contribution >= 0.6 is 11.3 Å². The van der Waals surface area contributed by atoms with Crippen molar-refractivity contribution < 1.29 is 4.79 Å². The van der Waals surface area contributed by atoms with Crippen LogP contribution in [0.25, 0.3) is 0 Å². The zero-order valence-electron chi connectivity index (χ0n) is 13.5. The molecule has 0 aromatic carbocycles. The lowest BCUT2D eigenvalue weighted by atomic mass is 9.91. The molecule has 23 heavy (non-hydrogen) atoms. The minimum Gasteiger partial charge on any atom is -0.353 e. The molecule has 0 radical (unpaired) electrons. The molecule has 1 unspecified atom stereocenters. The van der Waals surface area contributed by atoms with E-state index < -0.39 is 0 Å². The summed E-state index contributed by atoms with van der Waals surface area (Å²) in [6.07, 6.45) is 2.98. The Morgan fingerprint density at radius 3 is 3.00 bits per heavy atom. The number of carbonyl (C=O) groups excluding carboxylic acids is 1. The largest absolute Gasteiger partial charge is 0.353 e. The van der Waals surface area contributed by atoms with Gasteiger partial charge < -0.3 is 9.88 Å². The molecule has 6 heteroatoms. The SMILES string of the molecule is CCC(=O)NC1CCc2c(ccc(=O)n2Cc2csc(C)n2)C1. The Labute approximate surface area is 139 Å². The lowest BCUT2D eigenvalue weighted by Gasteiger charge is -2.27. The molecule has 5 nitrogen and oxygen atoms in total. The standard InChI is InChI=1S/C17H21N3O2S/c1-3-16(21)19-13-5-6-15-12(8-13)4-7-17(22)20(15)9-14-10-23-11(2)18-14/h4,7,10,13H,3,5-6,8-9H2,1-2H3,(H,19,21). The Morgan fingerprint density at radius 2 is 2.30 bits per heavy atom. The van der Waals surface area contributed by atoms with Crippen LogP contribution in [0.15, 0.2) is 22.3 Å². The van der Waals surface area contributed by atoms with E-state index in [1.165, 1.54) is 0 Å². The zero-order valence-corrected chi connectivity index (χ0v) is 14.3. The van der Waals surface area contributed by atoms with E-state index in [-0.39, 0.29) is 17.5 Å². The number of pyridine rings is 1. The van der Waals surface area contributed by atoms with Gasteiger partial charge in [-0.2, -0.15) is 0 Å². The molecule has 1 atom stereocenters. The van der Waals surface area contributed by atoms with Crippen LogP contribution < -0.4 is 10.9 Å². The predicted octanol–water partition coefficient (Wildman–Crippen LogP) is 2.05. The molecule has 122 valence electrons. The summed E-state index contributed by atoms with van der Waals surface area (Å²) < 4.78 is 1.84. The van der Waals surface area contributed by atoms with Crippen LogP contribution in [0.5, 0.6) is 0 Å². The number of hydrogen-bond acceptors (Lipinski definition) is 4. The van der Waals surface area contributed by atoms with Crippen LogP contribution in [-0.4, -0.2) is 21.5 Å². The number of amides is 1. The second-order valence-electron chi connectivity index (χ2n) is 5.95. The number of nitrogens with zero attached hydrogens (tertiary/aromatic N) is 2. The molecular weight excluding hydrogens is 310 g/mol. The van der Waals surface area contributed by atoms with Gasteiger partial charge >= 0.3 is 0 Å². The summed E-state index contributed by atoms with van der Waals surface area (Å²) in [7, 11) is 0. The third kappa shape index (κ3) is 3.52. The maximum atomic E-state index is 12.3. The summed E-state index contributed by atoms with van der Waals surface area (Å²) in [6, 6.07) is 3.70. The fraction of sp³-hybridized carbons (Fsp3) is 0.471. The molecule has 0 fully saturated rings. The van der Waals surface area contributed by atoms with Gasteiger partial charge in [0.1, 0.15) is 0 Å². The number of carbonyl (C=O) groups is 1. The normalized spacial score (nSPS) is 16.9. The van der Waals surface area contributed by atoms with Gasteiger partial charge in [-0.3, -0.25) is 9.59 Å². The number of fused-ring (bicyclic) bond motifs is 1. The third-order valence-corrected chi connectivity index (χ3v) is 5.08. The summed E-state index contributed by atoms with van der Waals surface area (Å²) in [4.78, 5) is 28.3. The first-order valence-corrected chi connectivity index (χ1v) is 8.86. The number of nitrogens with one attached hydrogen (secondary N) is 1. The summed E-state index contributed by atoms with van der Waals surface area (Å²) in [5, 5.41) is 6.08. The molecule has 0 spiro atoms. The molecule has 2 heterocycles. The van der Waals surface area contributed by atoms with E-state index >= 15 is 0 Å². The Balaban J connectivity index is 1.85. The van der Waals surface area contributed by atoms with Crippen molar-refractivity contribution in [3.8, 4) is 0 Å². The van der Waals surface area contributed by atoms with E-state index in [1.807, 2.05) is 29.9 Å². The summed E-state index contributed by atoms with van der Waals surface area (Å²) in [5.74, 6) is 0.0877. The highest BCUT2D eigenvalue weighted by atomic mass is 32.1. The van der Waals surface area contributed by atoms with Gasteiger partial charge in [0.15, 0.2) is 0 Å². The fourth-order valence-electron chi connectivity index (χ4n) is 3.09. The molecule has 3 rings (SSSR count). The second-order valence-corrected chi connectivity index (χ2v) is 7.01. The van der Waals surface area contributed by atoms with Gasteiger partial charge in [0, 0.05) is 29.6 Å². The van der Waals surface area contributed by atoms with Crippen LogP contribution in [-0.2, 0) is 24.2 Å². The van der Waals surface area contributed by atoms with Crippen molar-refractivity contribution in [2.24, 2.45) is 0 Å². The first-order valence-electron chi connectivity index (χ1n) is 7.98. The Morgan fingerprint density at radius 1 is 1.48 bits per heavy atom. The minimum absolute atomic E-state index is 0.0189. The van der Waals surface area contributed by atoms with Crippen molar-refractivity contribution in [3.05, 3.63) is 49.8 Å². The molecular formula is C17H21N3O2S. The molecule has 1 aliphatic rings. The van der Waals surface area contributed by atoms with Crippen molar-refractivity contribution in [1.29, 1.82) is 0 Å². The van der Waals surface area contributed by atoms with Gasteiger partial charge in [-0.05, 0) is 31.7 Å². The van der Waals surface area contributed by atoms with Crippen molar-refractivity contribution in [2.75, 3.05) is 0 Å². The van der Waals surface area contributed by atoms with Crippen molar-refractivity contribution in [3.63, 3.8) is 0 Å². The van der Waals surface area contributed by atoms with E-state index in [2.05, 4.69) is 10.3 Å². The van der Waals surface area contributed by atoms with Gasteiger partial charge in [-0.25, -0.2) is 4.98 Å². The Hall–Kier alpha value is -1.95. The van der Waals surface area contributed by atoms with Gasteiger partial charge in [0.05, 0.1) is 17.2 Å². The Kier molecular flexibility index (Phi) is 4.61. The average molecular weight is 331 g/mol. The molecule has 1 aliphatic carbocycles. The molecule has 1 N–H and O–H groups in total. The molecule has 1 amide bonds. The highest BCUT2D eigenvalue weighted by molar-refractivity contribution is 7.09. The van der Waals surface area contributed by atoms with E-state index in [9.17, 15) is 9.59 Å². The second kappa shape index (κ2) is 6.66. The number of hydrogen-bond donors (Lipinski definition) is 1. The molecule has 0 bridgehead atoms. The smallest absolute Gasteiger partial charge is 0.251 e. The highest BCUT2D eigenvalue weighted by Crippen LogP contribution is 2.21. The first-order chi connectivity index (χ1) is 11.1. The highest BCUT2D eigenvalue weighted by Gasteiger charge is 2.22. The van der Waals surface area contributed by atoms with Crippen molar-refractivity contribution >= 4 is 17.2 Å². The number of aromatic nitrogens is 2. The first kappa shape index (κ1) is 15.9. The summed E-state index contributed by atoms with van der Waals surface area (Å²) in [6.45, 7) is 4.36. The third-order valence-electron chi connectivity index (χ3n) is 4.26. The van der Waals surface area contributed by atoms with Crippen LogP contribution in [0.2, 0.25) is 0 Å².